The van der Waals surface area contributed by atoms with Crippen molar-refractivity contribution < 1.29 is 9.18 Å². The number of aromatic nitrogens is 1. The summed E-state index contributed by atoms with van der Waals surface area (Å²) >= 11 is 0. The van der Waals surface area contributed by atoms with E-state index in [0.29, 0.717) is 11.8 Å². The second-order valence-corrected chi connectivity index (χ2v) is 7.19. The van der Waals surface area contributed by atoms with Crippen LogP contribution in [-0.2, 0) is 4.79 Å². The third kappa shape index (κ3) is 2.88. The molecule has 4 rings (SSSR count). The quantitative estimate of drug-likeness (QED) is 0.843. The van der Waals surface area contributed by atoms with E-state index in [4.69, 9.17) is 0 Å². The summed E-state index contributed by atoms with van der Waals surface area (Å²) in [4.78, 5) is 20.9. The van der Waals surface area contributed by atoms with Crippen LogP contribution < -0.4 is 4.90 Å². The molecule has 1 amide bonds. The topological polar surface area (TPSA) is 36.4 Å². The van der Waals surface area contributed by atoms with E-state index in [-0.39, 0.29) is 17.8 Å². The molecule has 0 saturated carbocycles. The number of pyridine rings is 1. The first-order valence-corrected chi connectivity index (χ1v) is 8.73. The molecule has 0 spiro atoms. The Balaban J connectivity index is 1.63. The second-order valence-electron chi connectivity index (χ2n) is 7.19. The Morgan fingerprint density at radius 1 is 1.20 bits per heavy atom. The first-order valence-electron chi connectivity index (χ1n) is 8.73. The molecular weight excluding hydrogens is 317 g/mol. The SMILES string of the molecule is CC(=O)N1C[C@H]2CN(c3ccc(C)cn3)C[C@H]2[C@@H]1c1cccc(F)c1. The number of hydrogen-bond donors (Lipinski definition) is 0. The summed E-state index contributed by atoms with van der Waals surface area (Å²) < 4.78 is 13.7. The first kappa shape index (κ1) is 16.1. The highest BCUT2D eigenvalue weighted by molar-refractivity contribution is 5.74. The molecule has 5 heteroatoms. The molecule has 4 nitrogen and oxygen atoms in total. The average Bonchev–Trinajstić information content (AvgIpc) is 3.13. The molecule has 0 aliphatic carbocycles. The second kappa shape index (κ2) is 6.14. The third-order valence-electron chi connectivity index (χ3n) is 5.48. The lowest BCUT2D eigenvalue weighted by Gasteiger charge is -2.29. The predicted octanol–water partition coefficient (Wildman–Crippen LogP) is 3.18. The molecule has 0 unspecified atom stereocenters. The number of halogens is 1. The van der Waals surface area contributed by atoms with E-state index in [0.717, 1.165) is 36.6 Å². The molecule has 1 aromatic carbocycles. The Morgan fingerprint density at radius 3 is 2.72 bits per heavy atom. The number of anilines is 1. The van der Waals surface area contributed by atoms with Gasteiger partial charge in [0.05, 0.1) is 6.04 Å². The minimum absolute atomic E-state index is 0.0590. The molecule has 0 radical (unpaired) electrons. The largest absolute Gasteiger partial charge is 0.356 e. The van der Waals surface area contributed by atoms with Crippen LogP contribution in [0.25, 0.3) is 0 Å². The molecule has 0 bridgehead atoms. The van der Waals surface area contributed by atoms with Crippen molar-refractivity contribution in [2.24, 2.45) is 11.8 Å². The number of likely N-dealkylation sites (tertiary alicyclic amines) is 1. The molecule has 0 N–H and O–H groups in total. The molecule has 2 aromatic rings. The van der Waals surface area contributed by atoms with Crippen molar-refractivity contribution in [1.82, 2.24) is 9.88 Å². The van der Waals surface area contributed by atoms with Crippen LogP contribution in [0.1, 0.15) is 24.1 Å². The summed E-state index contributed by atoms with van der Waals surface area (Å²) in [6, 6.07) is 10.7. The van der Waals surface area contributed by atoms with E-state index >= 15 is 0 Å². The zero-order chi connectivity index (χ0) is 17.6. The van der Waals surface area contributed by atoms with Gasteiger partial charge < -0.3 is 9.80 Å². The third-order valence-corrected chi connectivity index (χ3v) is 5.48. The van der Waals surface area contributed by atoms with Gasteiger partial charge in [-0.05, 0) is 36.2 Å². The molecular formula is C20H22FN3O. The van der Waals surface area contributed by atoms with Crippen molar-refractivity contribution in [3.05, 3.63) is 59.5 Å². The van der Waals surface area contributed by atoms with E-state index in [1.807, 2.05) is 24.1 Å². The van der Waals surface area contributed by atoms with Gasteiger partial charge in [-0.1, -0.05) is 18.2 Å². The Kier molecular flexibility index (Phi) is 3.94. The number of rotatable bonds is 2. The molecule has 3 atom stereocenters. The molecule has 2 fully saturated rings. The van der Waals surface area contributed by atoms with Gasteiger partial charge in [0.2, 0.25) is 5.91 Å². The maximum absolute atomic E-state index is 13.7. The minimum atomic E-state index is -0.250. The molecule has 130 valence electrons. The molecule has 1 aromatic heterocycles. The summed E-state index contributed by atoms with van der Waals surface area (Å²) in [5.74, 6) is 1.48. The van der Waals surface area contributed by atoms with Gasteiger partial charge in [0, 0.05) is 44.6 Å². The fraction of sp³-hybridized carbons (Fsp3) is 0.400. The van der Waals surface area contributed by atoms with Gasteiger partial charge in [-0.15, -0.1) is 0 Å². The molecule has 2 aliphatic rings. The van der Waals surface area contributed by atoms with Crippen molar-refractivity contribution in [3.8, 4) is 0 Å². The number of aryl methyl sites for hydroxylation is 1. The van der Waals surface area contributed by atoms with Crippen molar-refractivity contribution in [1.29, 1.82) is 0 Å². The van der Waals surface area contributed by atoms with Crippen molar-refractivity contribution in [3.63, 3.8) is 0 Å². The Hall–Kier alpha value is -2.43. The van der Waals surface area contributed by atoms with Crippen LogP contribution in [0.15, 0.2) is 42.6 Å². The number of nitrogens with zero attached hydrogens (tertiary/aromatic N) is 3. The summed E-state index contributed by atoms with van der Waals surface area (Å²) in [5.41, 5.74) is 2.03. The summed E-state index contributed by atoms with van der Waals surface area (Å²) in [7, 11) is 0. The summed E-state index contributed by atoms with van der Waals surface area (Å²) in [6.07, 6.45) is 1.88. The monoisotopic (exact) mass is 339 g/mol. The van der Waals surface area contributed by atoms with Gasteiger partial charge in [-0.2, -0.15) is 0 Å². The van der Waals surface area contributed by atoms with Crippen LogP contribution in [0, 0.1) is 24.6 Å². The normalized spacial score (nSPS) is 25.3. The summed E-state index contributed by atoms with van der Waals surface area (Å²) in [6.45, 7) is 6.08. The van der Waals surface area contributed by atoms with Crippen molar-refractivity contribution in [2.45, 2.75) is 19.9 Å². The highest BCUT2D eigenvalue weighted by Gasteiger charge is 2.48. The Bertz CT molecular complexity index is 792. The van der Waals surface area contributed by atoms with Gasteiger partial charge in [0.1, 0.15) is 11.6 Å². The average molecular weight is 339 g/mol. The maximum Gasteiger partial charge on any atom is 0.219 e. The zero-order valence-electron chi connectivity index (χ0n) is 14.5. The lowest BCUT2D eigenvalue weighted by molar-refractivity contribution is -0.130. The van der Waals surface area contributed by atoms with Gasteiger partial charge in [-0.25, -0.2) is 9.37 Å². The zero-order valence-corrected chi connectivity index (χ0v) is 14.5. The fourth-order valence-corrected chi connectivity index (χ4v) is 4.32. The van der Waals surface area contributed by atoms with E-state index in [1.54, 1.807) is 19.1 Å². The van der Waals surface area contributed by atoms with E-state index in [2.05, 4.69) is 22.0 Å². The van der Waals surface area contributed by atoms with E-state index < -0.39 is 0 Å². The van der Waals surface area contributed by atoms with E-state index in [9.17, 15) is 9.18 Å². The predicted molar refractivity (Wildman–Crippen MR) is 94.7 cm³/mol. The number of carbonyl (C=O) groups excluding carboxylic acids is 1. The lowest BCUT2D eigenvalue weighted by Crippen LogP contribution is -2.34. The van der Waals surface area contributed by atoms with Gasteiger partial charge in [0.25, 0.3) is 0 Å². The van der Waals surface area contributed by atoms with Gasteiger partial charge in [-0.3, -0.25) is 4.79 Å². The molecule has 2 saturated heterocycles. The molecule has 2 aliphatic heterocycles. The lowest BCUT2D eigenvalue weighted by atomic mass is 9.89. The summed E-state index contributed by atoms with van der Waals surface area (Å²) in [5, 5.41) is 0. The highest BCUT2D eigenvalue weighted by Crippen LogP contribution is 2.45. The molecule has 3 heterocycles. The van der Waals surface area contributed by atoms with Crippen molar-refractivity contribution in [2.75, 3.05) is 24.5 Å². The standard InChI is InChI=1S/C20H22FN3O/c1-13-6-7-19(22-9-13)23-10-16-11-24(14(2)25)20(18(16)12-23)15-4-3-5-17(21)8-15/h3-9,16,18,20H,10-12H2,1-2H3/t16-,18-,20+/m1/s1. The van der Waals surface area contributed by atoms with Gasteiger partial charge >= 0.3 is 0 Å². The smallest absolute Gasteiger partial charge is 0.219 e. The number of benzene rings is 1. The fourth-order valence-electron chi connectivity index (χ4n) is 4.32. The minimum Gasteiger partial charge on any atom is -0.356 e. The number of hydrogen-bond acceptors (Lipinski definition) is 3. The van der Waals surface area contributed by atoms with Gasteiger partial charge in [0.15, 0.2) is 0 Å². The van der Waals surface area contributed by atoms with Crippen LogP contribution in [0.3, 0.4) is 0 Å². The van der Waals surface area contributed by atoms with Crippen molar-refractivity contribution >= 4 is 11.7 Å². The Labute approximate surface area is 147 Å². The van der Waals surface area contributed by atoms with E-state index in [1.165, 1.54) is 6.07 Å². The van der Waals surface area contributed by atoms with Crippen LogP contribution in [0.4, 0.5) is 10.2 Å². The van der Waals surface area contributed by atoms with Crippen LogP contribution in [0.2, 0.25) is 0 Å². The Morgan fingerprint density at radius 2 is 2.04 bits per heavy atom. The highest BCUT2D eigenvalue weighted by atomic mass is 19.1. The number of fused-ring (bicyclic) bond motifs is 1. The number of carbonyl (C=O) groups is 1. The number of amides is 1. The van der Waals surface area contributed by atoms with Crippen LogP contribution in [-0.4, -0.2) is 35.4 Å². The maximum atomic E-state index is 13.7. The molecule has 25 heavy (non-hydrogen) atoms. The van der Waals surface area contributed by atoms with Crippen LogP contribution in [0.5, 0.6) is 0 Å². The first-order chi connectivity index (χ1) is 12.0. The van der Waals surface area contributed by atoms with Crippen LogP contribution >= 0.6 is 0 Å².